The van der Waals surface area contributed by atoms with Gasteiger partial charge in [-0.1, -0.05) is 36.2 Å². The molecule has 104 valence electrons. The molecule has 1 aliphatic rings. The summed E-state index contributed by atoms with van der Waals surface area (Å²) in [4.78, 5) is 9.26. The fourth-order valence-electron chi connectivity index (χ4n) is 2.76. The molecule has 0 saturated heterocycles. The maximum atomic E-state index is 6.19. The molecule has 0 aliphatic heterocycles. The second kappa shape index (κ2) is 5.71. The van der Waals surface area contributed by atoms with E-state index < -0.39 is 0 Å². The van der Waals surface area contributed by atoms with E-state index in [1.165, 1.54) is 24.0 Å². The highest BCUT2D eigenvalue weighted by Crippen LogP contribution is 2.25. The monoisotopic (exact) mass is 267 g/mol. The average Bonchev–Trinajstić information content (AvgIpc) is 2.63. The molecule has 1 aromatic carbocycles. The van der Waals surface area contributed by atoms with E-state index in [4.69, 9.17) is 10.7 Å². The largest absolute Gasteiger partial charge is 0.324 e. The molecule has 1 unspecified atom stereocenters. The fourth-order valence-corrected chi connectivity index (χ4v) is 2.76. The van der Waals surface area contributed by atoms with Crippen molar-refractivity contribution >= 4 is 0 Å². The summed E-state index contributed by atoms with van der Waals surface area (Å²) in [5, 5.41) is 0. The third kappa shape index (κ3) is 2.88. The van der Waals surface area contributed by atoms with Gasteiger partial charge in [0.15, 0.2) is 0 Å². The maximum Gasteiger partial charge on any atom is 0.132 e. The Balaban J connectivity index is 1.84. The van der Waals surface area contributed by atoms with Crippen molar-refractivity contribution in [3.63, 3.8) is 0 Å². The van der Waals surface area contributed by atoms with E-state index in [0.717, 1.165) is 36.3 Å². The lowest BCUT2D eigenvalue weighted by Crippen LogP contribution is -2.13. The summed E-state index contributed by atoms with van der Waals surface area (Å²) in [6.45, 7) is 2.10. The van der Waals surface area contributed by atoms with Gasteiger partial charge in [-0.2, -0.15) is 0 Å². The Kier molecular flexibility index (Phi) is 3.79. The third-order valence-corrected chi connectivity index (χ3v) is 4.01. The van der Waals surface area contributed by atoms with Crippen LogP contribution in [0, 0.1) is 6.92 Å². The van der Waals surface area contributed by atoms with Gasteiger partial charge < -0.3 is 5.73 Å². The van der Waals surface area contributed by atoms with Crippen LogP contribution in [0.5, 0.6) is 0 Å². The lowest BCUT2D eigenvalue weighted by atomic mass is 10.1. The standard InChI is InChI=1S/C17H21N3/c1-12-6-8-13(9-7-12)10-17-19-11-14-15(18)4-2-3-5-16(14)20-17/h6-9,11,15H,2-5,10,18H2,1H3. The van der Waals surface area contributed by atoms with Crippen molar-refractivity contribution < 1.29 is 0 Å². The summed E-state index contributed by atoms with van der Waals surface area (Å²) in [6.07, 6.45) is 7.19. The summed E-state index contributed by atoms with van der Waals surface area (Å²) >= 11 is 0. The molecule has 0 fully saturated rings. The normalized spacial score (nSPS) is 18.4. The van der Waals surface area contributed by atoms with Crippen molar-refractivity contribution in [1.29, 1.82) is 0 Å². The van der Waals surface area contributed by atoms with E-state index >= 15 is 0 Å². The van der Waals surface area contributed by atoms with Crippen LogP contribution in [0.25, 0.3) is 0 Å². The highest BCUT2D eigenvalue weighted by atomic mass is 14.9. The van der Waals surface area contributed by atoms with Gasteiger partial charge in [0.25, 0.3) is 0 Å². The third-order valence-electron chi connectivity index (χ3n) is 4.01. The van der Waals surface area contributed by atoms with Gasteiger partial charge in [-0.25, -0.2) is 9.97 Å². The highest BCUT2D eigenvalue weighted by Gasteiger charge is 2.17. The number of hydrogen-bond donors (Lipinski definition) is 1. The quantitative estimate of drug-likeness (QED) is 0.851. The lowest BCUT2D eigenvalue weighted by Gasteiger charge is -2.12. The number of nitrogens with two attached hydrogens (primary N) is 1. The molecule has 2 aromatic rings. The molecule has 0 saturated carbocycles. The molecule has 2 N–H and O–H groups in total. The van der Waals surface area contributed by atoms with Gasteiger partial charge in [0.05, 0.1) is 0 Å². The van der Waals surface area contributed by atoms with Crippen LogP contribution in [-0.2, 0) is 12.8 Å². The second-order valence-corrected chi connectivity index (χ2v) is 5.70. The molecule has 1 atom stereocenters. The van der Waals surface area contributed by atoms with Gasteiger partial charge in [0.2, 0.25) is 0 Å². The van der Waals surface area contributed by atoms with E-state index in [2.05, 4.69) is 36.2 Å². The zero-order valence-electron chi connectivity index (χ0n) is 12.0. The molecule has 0 bridgehead atoms. The number of benzene rings is 1. The first-order valence-corrected chi connectivity index (χ1v) is 7.38. The van der Waals surface area contributed by atoms with Crippen LogP contribution in [0.4, 0.5) is 0 Å². The molecule has 3 nitrogen and oxygen atoms in total. The summed E-state index contributed by atoms with van der Waals surface area (Å²) in [7, 11) is 0. The Morgan fingerprint density at radius 1 is 1.20 bits per heavy atom. The SMILES string of the molecule is Cc1ccc(Cc2ncc3c(n2)CCCCC3N)cc1. The molecule has 3 heteroatoms. The highest BCUT2D eigenvalue weighted by molar-refractivity contribution is 5.27. The second-order valence-electron chi connectivity index (χ2n) is 5.70. The average molecular weight is 267 g/mol. The first-order valence-electron chi connectivity index (χ1n) is 7.38. The molecule has 1 heterocycles. The number of rotatable bonds is 2. The Morgan fingerprint density at radius 3 is 2.80 bits per heavy atom. The van der Waals surface area contributed by atoms with Crippen LogP contribution >= 0.6 is 0 Å². The van der Waals surface area contributed by atoms with Crippen LogP contribution in [-0.4, -0.2) is 9.97 Å². The molecular weight excluding hydrogens is 246 g/mol. The van der Waals surface area contributed by atoms with Crippen LogP contribution in [0.2, 0.25) is 0 Å². The predicted octanol–water partition coefficient (Wildman–Crippen LogP) is 3.10. The Hall–Kier alpha value is -1.74. The first kappa shape index (κ1) is 13.3. The van der Waals surface area contributed by atoms with Crippen molar-refractivity contribution in [2.24, 2.45) is 5.73 Å². The first-order chi connectivity index (χ1) is 9.72. The maximum absolute atomic E-state index is 6.19. The van der Waals surface area contributed by atoms with Crippen molar-refractivity contribution in [3.8, 4) is 0 Å². The number of aromatic nitrogens is 2. The zero-order chi connectivity index (χ0) is 13.9. The molecule has 1 aromatic heterocycles. The van der Waals surface area contributed by atoms with Gasteiger partial charge >= 0.3 is 0 Å². The van der Waals surface area contributed by atoms with Crippen LogP contribution in [0.1, 0.15) is 53.5 Å². The van der Waals surface area contributed by atoms with Gasteiger partial charge in [0, 0.05) is 29.9 Å². The van der Waals surface area contributed by atoms with E-state index in [1.807, 2.05) is 6.20 Å². The van der Waals surface area contributed by atoms with Gasteiger partial charge in [0.1, 0.15) is 5.82 Å². The van der Waals surface area contributed by atoms with E-state index in [0.29, 0.717) is 0 Å². The van der Waals surface area contributed by atoms with Crippen molar-refractivity contribution in [1.82, 2.24) is 9.97 Å². The van der Waals surface area contributed by atoms with Crippen LogP contribution in [0.15, 0.2) is 30.5 Å². The molecule has 1 aliphatic carbocycles. The summed E-state index contributed by atoms with van der Waals surface area (Å²) in [5.41, 5.74) is 11.0. The Bertz CT molecular complexity index is 590. The van der Waals surface area contributed by atoms with Gasteiger partial charge in [-0.05, 0) is 31.7 Å². The number of aryl methyl sites for hydroxylation is 2. The number of fused-ring (bicyclic) bond motifs is 1. The molecular formula is C17H21N3. The van der Waals surface area contributed by atoms with E-state index in [1.54, 1.807) is 0 Å². The minimum absolute atomic E-state index is 0.112. The van der Waals surface area contributed by atoms with Crippen molar-refractivity contribution in [3.05, 3.63) is 58.7 Å². The molecule has 0 spiro atoms. The number of nitrogens with zero attached hydrogens (tertiary/aromatic N) is 2. The Morgan fingerprint density at radius 2 is 2.00 bits per heavy atom. The van der Waals surface area contributed by atoms with Crippen molar-refractivity contribution in [2.75, 3.05) is 0 Å². The Labute approximate surface area is 120 Å². The summed E-state index contributed by atoms with van der Waals surface area (Å²) in [6, 6.07) is 8.68. The van der Waals surface area contributed by atoms with E-state index in [-0.39, 0.29) is 6.04 Å². The minimum Gasteiger partial charge on any atom is -0.324 e. The fraction of sp³-hybridized carbons (Fsp3) is 0.412. The molecule has 0 amide bonds. The topological polar surface area (TPSA) is 51.8 Å². The number of hydrogen-bond acceptors (Lipinski definition) is 3. The molecule has 3 rings (SSSR count). The van der Waals surface area contributed by atoms with E-state index in [9.17, 15) is 0 Å². The van der Waals surface area contributed by atoms with Crippen LogP contribution < -0.4 is 5.73 Å². The predicted molar refractivity (Wildman–Crippen MR) is 80.5 cm³/mol. The smallest absolute Gasteiger partial charge is 0.132 e. The lowest BCUT2D eigenvalue weighted by molar-refractivity contribution is 0.614. The minimum atomic E-state index is 0.112. The van der Waals surface area contributed by atoms with Crippen molar-refractivity contribution in [2.45, 2.75) is 45.1 Å². The van der Waals surface area contributed by atoms with Crippen LogP contribution in [0.3, 0.4) is 0 Å². The molecule has 0 radical (unpaired) electrons. The van der Waals surface area contributed by atoms with Gasteiger partial charge in [-0.15, -0.1) is 0 Å². The summed E-state index contributed by atoms with van der Waals surface area (Å²) in [5.74, 6) is 0.904. The zero-order valence-corrected chi connectivity index (χ0v) is 12.0. The molecule has 20 heavy (non-hydrogen) atoms. The summed E-state index contributed by atoms with van der Waals surface area (Å²) < 4.78 is 0. The van der Waals surface area contributed by atoms with Gasteiger partial charge in [-0.3, -0.25) is 0 Å².